The molecule has 0 heterocycles. The van der Waals surface area contributed by atoms with Gasteiger partial charge in [-0.15, -0.1) is 0 Å². The number of esters is 1. The molecule has 0 aliphatic rings. The minimum atomic E-state index is -0.945. The average molecular weight is 345 g/mol. The van der Waals surface area contributed by atoms with Crippen LogP contribution in [0, 0.1) is 17.2 Å². The third kappa shape index (κ3) is 7.04. The molecule has 0 fully saturated rings. The van der Waals surface area contributed by atoms with Gasteiger partial charge in [0.25, 0.3) is 0 Å². The van der Waals surface area contributed by atoms with Crippen molar-refractivity contribution in [3.8, 4) is 6.07 Å². The van der Waals surface area contributed by atoms with Crippen LogP contribution in [0.15, 0.2) is 30.3 Å². The van der Waals surface area contributed by atoms with Gasteiger partial charge in [-0.3, -0.25) is 9.59 Å². The van der Waals surface area contributed by atoms with Crippen molar-refractivity contribution in [2.24, 2.45) is 5.92 Å². The maximum atomic E-state index is 12.6. The minimum Gasteiger partial charge on any atom is -0.467 e. The van der Waals surface area contributed by atoms with Gasteiger partial charge in [0.2, 0.25) is 11.8 Å². The van der Waals surface area contributed by atoms with Crippen molar-refractivity contribution in [2.45, 2.75) is 38.8 Å². The molecule has 0 aliphatic heterocycles. The van der Waals surface area contributed by atoms with Gasteiger partial charge in [-0.25, -0.2) is 4.79 Å². The number of nitrogens with zero attached hydrogens (tertiary/aromatic N) is 1. The number of methoxy groups -OCH3 is 1. The van der Waals surface area contributed by atoms with E-state index in [1.54, 1.807) is 6.92 Å². The topological polar surface area (TPSA) is 108 Å². The summed E-state index contributed by atoms with van der Waals surface area (Å²) in [6.07, 6.45) is 0.418. The van der Waals surface area contributed by atoms with Crippen LogP contribution in [-0.4, -0.2) is 37.0 Å². The van der Waals surface area contributed by atoms with Crippen molar-refractivity contribution in [3.05, 3.63) is 35.9 Å². The highest BCUT2D eigenvalue weighted by Crippen LogP contribution is 2.08. The van der Waals surface area contributed by atoms with E-state index in [0.29, 0.717) is 0 Å². The first-order chi connectivity index (χ1) is 11.9. The fraction of sp³-hybridized carbons (Fsp3) is 0.444. The van der Waals surface area contributed by atoms with Gasteiger partial charge in [-0.05, 0) is 18.9 Å². The lowest BCUT2D eigenvalue weighted by molar-refractivity contribution is -0.145. The molecule has 1 aromatic rings. The number of hydrogen-bond acceptors (Lipinski definition) is 5. The minimum absolute atomic E-state index is 0.132. The maximum Gasteiger partial charge on any atom is 0.328 e. The molecule has 0 saturated carbocycles. The van der Waals surface area contributed by atoms with E-state index in [9.17, 15) is 14.4 Å². The Morgan fingerprint density at radius 3 is 2.32 bits per heavy atom. The smallest absolute Gasteiger partial charge is 0.328 e. The van der Waals surface area contributed by atoms with Gasteiger partial charge in [-0.2, -0.15) is 5.26 Å². The Bertz CT molecular complexity index is 639. The Morgan fingerprint density at radius 2 is 1.80 bits per heavy atom. The van der Waals surface area contributed by atoms with E-state index in [1.807, 2.05) is 36.4 Å². The van der Waals surface area contributed by atoms with E-state index in [2.05, 4.69) is 15.4 Å². The first-order valence-corrected chi connectivity index (χ1v) is 7.96. The van der Waals surface area contributed by atoms with E-state index in [0.717, 1.165) is 5.56 Å². The highest BCUT2D eigenvalue weighted by Gasteiger charge is 2.28. The van der Waals surface area contributed by atoms with Crippen LogP contribution in [0.5, 0.6) is 0 Å². The Kier molecular flexibility index (Phi) is 8.13. The van der Waals surface area contributed by atoms with Crippen molar-refractivity contribution in [2.75, 3.05) is 7.11 Å². The van der Waals surface area contributed by atoms with E-state index >= 15 is 0 Å². The number of amides is 2. The highest BCUT2D eigenvalue weighted by molar-refractivity contribution is 5.90. The number of carbonyl (C=O) groups excluding carboxylic acids is 3. The molecular weight excluding hydrogens is 322 g/mol. The summed E-state index contributed by atoms with van der Waals surface area (Å²) >= 11 is 0. The molecule has 3 atom stereocenters. The first-order valence-electron chi connectivity index (χ1n) is 7.96. The van der Waals surface area contributed by atoms with Crippen molar-refractivity contribution in [3.63, 3.8) is 0 Å². The molecule has 0 spiro atoms. The molecule has 0 aromatic heterocycles. The summed E-state index contributed by atoms with van der Waals surface area (Å²) in [6.45, 7) is 2.97. The summed E-state index contributed by atoms with van der Waals surface area (Å²) in [5.41, 5.74) is 0.872. The molecule has 25 heavy (non-hydrogen) atoms. The Labute approximate surface area is 147 Å². The monoisotopic (exact) mass is 345 g/mol. The Balaban J connectivity index is 2.88. The zero-order valence-electron chi connectivity index (χ0n) is 14.6. The van der Waals surface area contributed by atoms with Gasteiger partial charge in [0.05, 0.1) is 13.2 Å². The number of hydrogen-bond donors (Lipinski definition) is 2. The number of carbonyl (C=O) groups is 3. The second-order valence-corrected chi connectivity index (χ2v) is 5.79. The lowest BCUT2D eigenvalue weighted by Gasteiger charge is -2.22. The molecule has 1 aromatic carbocycles. The summed E-state index contributed by atoms with van der Waals surface area (Å²) in [5, 5.41) is 14.1. The molecule has 7 heteroatoms. The molecule has 7 nitrogen and oxygen atoms in total. The SMILES string of the molecule is COC(=O)[C@H](C[C@@H](C)C#N)NC(=O)[C@H](Cc1ccccc1)NC(C)=O. The van der Waals surface area contributed by atoms with Crippen molar-refractivity contribution >= 4 is 17.8 Å². The molecule has 2 N–H and O–H groups in total. The lowest BCUT2D eigenvalue weighted by atomic mass is 10.0. The summed E-state index contributed by atoms with van der Waals surface area (Å²) < 4.78 is 4.69. The van der Waals surface area contributed by atoms with Crippen LogP contribution < -0.4 is 10.6 Å². The molecule has 1 rings (SSSR count). The average Bonchev–Trinajstić information content (AvgIpc) is 2.60. The number of benzene rings is 1. The predicted molar refractivity (Wildman–Crippen MR) is 91.1 cm³/mol. The molecule has 0 aliphatic carbocycles. The zero-order valence-corrected chi connectivity index (χ0v) is 14.6. The number of ether oxygens (including phenoxy) is 1. The Morgan fingerprint density at radius 1 is 1.16 bits per heavy atom. The van der Waals surface area contributed by atoms with Crippen molar-refractivity contribution in [1.29, 1.82) is 5.26 Å². The van der Waals surface area contributed by atoms with E-state index in [-0.39, 0.29) is 18.7 Å². The number of rotatable bonds is 8. The van der Waals surface area contributed by atoms with Gasteiger partial charge >= 0.3 is 5.97 Å². The number of nitriles is 1. The van der Waals surface area contributed by atoms with Crippen LogP contribution in [0.1, 0.15) is 25.8 Å². The van der Waals surface area contributed by atoms with Crippen LogP contribution >= 0.6 is 0 Å². The fourth-order valence-corrected chi connectivity index (χ4v) is 2.34. The lowest BCUT2D eigenvalue weighted by Crippen LogP contribution is -2.52. The second kappa shape index (κ2) is 10.1. The third-order valence-electron chi connectivity index (χ3n) is 3.59. The van der Waals surface area contributed by atoms with Crippen LogP contribution in [0.25, 0.3) is 0 Å². The summed E-state index contributed by atoms with van der Waals surface area (Å²) in [6, 6.07) is 9.46. The molecule has 2 amide bonds. The first kappa shape index (κ1) is 20.2. The fourth-order valence-electron chi connectivity index (χ4n) is 2.34. The van der Waals surface area contributed by atoms with Crippen LogP contribution in [-0.2, 0) is 25.5 Å². The second-order valence-electron chi connectivity index (χ2n) is 5.79. The third-order valence-corrected chi connectivity index (χ3v) is 3.59. The van der Waals surface area contributed by atoms with Gasteiger partial charge in [-0.1, -0.05) is 30.3 Å². The summed E-state index contributed by atoms with van der Waals surface area (Å²) in [7, 11) is 1.22. The maximum absolute atomic E-state index is 12.6. The van der Waals surface area contributed by atoms with E-state index in [1.165, 1.54) is 14.0 Å². The normalized spacial score (nSPS) is 13.7. The van der Waals surface area contributed by atoms with E-state index < -0.39 is 29.9 Å². The molecule has 0 unspecified atom stereocenters. The van der Waals surface area contributed by atoms with Crippen LogP contribution in [0.2, 0.25) is 0 Å². The van der Waals surface area contributed by atoms with Gasteiger partial charge in [0.15, 0.2) is 0 Å². The number of nitrogens with one attached hydrogen (secondary N) is 2. The highest BCUT2D eigenvalue weighted by atomic mass is 16.5. The quantitative estimate of drug-likeness (QED) is 0.682. The summed E-state index contributed by atoms with van der Waals surface area (Å²) in [4.78, 5) is 35.9. The van der Waals surface area contributed by atoms with E-state index in [4.69, 9.17) is 5.26 Å². The molecule has 0 bridgehead atoms. The molecule has 0 radical (unpaired) electrons. The van der Waals surface area contributed by atoms with Crippen molar-refractivity contribution in [1.82, 2.24) is 10.6 Å². The molecule has 0 saturated heterocycles. The van der Waals surface area contributed by atoms with Crippen LogP contribution in [0.4, 0.5) is 0 Å². The molecule has 134 valence electrons. The zero-order chi connectivity index (χ0) is 18.8. The Hall–Kier alpha value is -2.88. The standard InChI is InChI=1S/C18H23N3O4/c1-12(11-19)9-16(18(24)25-3)21-17(23)15(20-13(2)22)10-14-7-5-4-6-8-14/h4-8,12,15-16H,9-10H2,1-3H3,(H,20,22)(H,21,23)/t12-,15+,16+/m1/s1. The molecular formula is C18H23N3O4. The van der Waals surface area contributed by atoms with Gasteiger partial charge < -0.3 is 15.4 Å². The predicted octanol–water partition coefficient (Wildman–Crippen LogP) is 0.941. The van der Waals surface area contributed by atoms with Gasteiger partial charge in [0.1, 0.15) is 12.1 Å². The van der Waals surface area contributed by atoms with Crippen LogP contribution in [0.3, 0.4) is 0 Å². The summed E-state index contributed by atoms with van der Waals surface area (Å²) in [5.74, 6) is -1.91. The largest absolute Gasteiger partial charge is 0.467 e. The van der Waals surface area contributed by atoms with Crippen molar-refractivity contribution < 1.29 is 19.1 Å². The van der Waals surface area contributed by atoms with Gasteiger partial charge in [0, 0.05) is 19.3 Å².